The molecule has 302 valence electrons. The zero-order valence-corrected chi connectivity index (χ0v) is 31.7. The number of nitrogens with zero attached hydrogens (tertiary/aromatic N) is 3. The minimum atomic E-state index is -1.30. The highest BCUT2D eigenvalue weighted by molar-refractivity contribution is 5.95. The molecule has 2 heterocycles. The number of nitrogens with two attached hydrogens (primary N) is 2. The molecular weight excluding hydrogens is 716 g/mol. The summed E-state index contributed by atoms with van der Waals surface area (Å²) in [5, 5.41) is 38.9. The molecular formula is C37H54N8O10. The van der Waals surface area contributed by atoms with Crippen LogP contribution in [-0.2, 0) is 35.8 Å². The van der Waals surface area contributed by atoms with E-state index in [4.69, 9.17) is 26.0 Å². The number of aliphatic carboxylic acids is 1. The molecule has 3 aliphatic carbocycles. The molecule has 2 aliphatic heterocycles. The van der Waals surface area contributed by atoms with Gasteiger partial charge in [0.2, 0.25) is 17.7 Å². The number of amides is 4. The minimum Gasteiger partial charge on any atom is -0.504 e. The molecule has 0 aromatic heterocycles. The number of piperidine rings is 1. The number of benzene rings is 1. The number of carbonyl (C=O) groups excluding carboxylic acids is 4. The molecule has 1 aromatic rings. The van der Waals surface area contributed by atoms with Crippen LogP contribution in [0.15, 0.2) is 29.0 Å². The molecule has 2 bridgehead atoms. The minimum absolute atomic E-state index is 0.0162. The van der Waals surface area contributed by atoms with Crippen molar-refractivity contribution < 1.29 is 48.8 Å². The summed E-state index contributed by atoms with van der Waals surface area (Å²) in [6, 6.07) is 3.06. The van der Waals surface area contributed by atoms with Crippen LogP contribution in [0.4, 0.5) is 4.79 Å². The van der Waals surface area contributed by atoms with E-state index in [1.807, 2.05) is 18.2 Å². The zero-order valence-electron chi connectivity index (χ0n) is 31.7. The van der Waals surface area contributed by atoms with E-state index in [1.165, 1.54) is 7.05 Å². The number of methoxy groups -OCH3 is 1. The first-order valence-corrected chi connectivity index (χ1v) is 18.6. The topological polar surface area (TPSA) is 271 Å². The summed E-state index contributed by atoms with van der Waals surface area (Å²) in [6.07, 6.45) is 7.23. The van der Waals surface area contributed by atoms with Crippen molar-refractivity contribution in [1.82, 2.24) is 25.8 Å². The van der Waals surface area contributed by atoms with E-state index in [9.17, 15) is 34.2 Å². The molecule has 5 aliphatic rings. The van der Waals surface area contributed by atoms with Gasteiger partial charge in [0.1, 0.15) is 18.2 Å². The number of ether oxygens (including phenoxy) is 2. The lowest BCUT2D eigenvalue weighted by atomic mass is 9.59. The van der Waals surface area contributed by atoms with E-state index in [2.05, 4.69) is 32.9 Å². The predicted molar refractivity (Wildman–Crippen MR) is 199 cm³/mol. The van der Waals surface area contributed by atoms with Gasteiger partial charge in [-0.25, -0.2) is 4.79 Å². The van der Waals surface area contributed by atoms with E-state index in [0.29, 0.717) is 43.7 Å². The number of carboxylic acids is 1. The Morgan fingerprint density at radius 2 is 1.82 bits per heavy atom. The molecule has 55 heavy (non-hydrogen) atoms. The highest BCUT2D eigenvalue weighted by Crippen LogP contribution is 2.72. The van der Waals surface area contributed by atoms with Crippen molar-refractivity contribution in [3.8, 4) is 11.5 Å². The summed E-state index contributed by atoms with van der Waals surface area (Å²) in [5.41, 5.74) is 10.5. The first-order chi connectivity index (χ1) is 26.1. The van der Waals surface area contributed by atoms with E-state index in [1.54, 1.807) is 12.0 Å². The zero-order chi connectivity index (χ0) is 40.1. The molecule has 5 unspecified atom stereocenters. The van der Waals surface area contributed by atoms with Crippen molar-refractivity contribution in [2.75, 3.05) is 53.9 Å². The number of likely N-dealkylation sites (N-methyl/N-ethyl adjacent to an activating group) is 2. The van der Waals surface area contributed by atoms with Gasteiger partial charge in [-0.2, -0.15) is 0 Å². The van der Waals surface area contributed by atoms with Gasteiger partial charge in [-0.3, -0.25) is 29.1 Å². The fourth-order valence-corrected chi connectivity index (χ4v) is 9.58. The van der Waals surface area contributed by atoms with Crippen molar-refractivity contribution in [1.29, 1.82) is 0 Å². The maximum absolute atomic E-state index is 12.8. The number of fused-ring (bicyclic) bond motifs is 2. The molecule has 2 saturated heterocycles. The van der Waals surface area contributed by atoms with Gasteiger partial charge in [-0.05, 0) is 69.7 Å². The van der Waals surface area contributed by atoms with Gasteiger partial charge in [0.05, 0.1) is 19.3 Å². The Morgan fingerprint density at radius 1 is 1.09 bits per heavy atom. The van der Waals surface area contributed by atoms with Crippen molar-refractivity contribution in [3.63, 3.8) is 0 Å². The monoisotopic (exact) mass is 770 g/mol. The molecule has 5 atom stereocenters. The number of hydrogen-bond acceptors (Lipinski definition) is 11. The summed E-state index contributed by atoms with van der Waals surface area (Å²) >= 11 is 0. The SMILES string of the molecule is CNC(=O)C(CCCN=C(N)N)NC(=O)CNC(=O)CC(=O)O.COc1ccc2c(c1O)C13CC(OC(=O)N4CCCCC4)=CCC1(O)C1N(C)CC1(C2)C3. The van der Waals surface area contributed by atoms with E-state index in [-0.39, 0.29) is 29.3 Å². The number of guanidine groups is 1. The van der Waals surface area contributed by atoms with Crippen LogP contribution in [0, 0.1) is 5.41 Å². The van der Waals surface area contributed by atoms with Crippen molar-refractivity contribution >= 4 is 35.7 Å². The third-order valence-corrected chi connectivity index (χ3v) is 11.5. The van der Waals surface area contributed by atoms with Crippen molar-refractivity contribution in [2.45, 2.75) is 87.3 Å². The number of hydrogen-bond donors (Lipinski definition) is 8. The first kappa shape index (κ1) is 41.1. The molecule has 4 amide bonds. The summed E-state index contributed by atoms with van der Waals surface area (Å²) in [6.45, 7) is 2.28. The number of aliphatic imine (C=N–C) groups is 1. The van der Waals surface area contributed by atoms with Crippen molar-refractivity contribution in [2.24, 2.45) is 21.9 Å². The second-order valence-corrected chi connectivity index (χ2v) is 15.2. The molecule has 18 heteroatoms. The molecule has 2 spiro atoms. The number of rotatable bonds is 12. The average Bonchev–Trinajstić information content (AvgIpc) is 3.27. The van der Waals surface area contributed by atoms with E-state index in [0.717, 1.165) is 62.9 Å². The Labute approximate surface area is 319 Å². The first-order valence-electron chi connectivity index (χ1n) is 18.6. The third-order valence-electron chi connectivity index (χ3n) is 11.5. The summed E-state index contributed by atoms with van der Waals surface area (Å²) in [7, 11) is 5.05. The molecule has 1 saturated carbocycles. The number of carbonyl (C=O) groups is 5. The van der Waals surface area contributed by atoms with Gasteiger partial charge in [-0.1, -0.05) is 6.07 Å². The second kappa shape index (κ2) is 16.7. The molecule has 18 nitrogen and oxygen atoms in total. The highest BCUT2D eigenvalue weighted by Gasteiger charge is 2.77. The van der Waals surface area contributed by atoms with E-state index < -0.39 is 53.7 Å². The molecule has 6 rings (SSSR count). The predicted octanol–water partition coefficient (Wildman–Crippen LogP) is -0.208. The summed E-state index contributed by atoms with van der Waals surface area (Å²) in [5.74, 6) is -2.02. The largest absolute Gasteiger partial charge is 0.504 e. The molecule has 10 N–H and O–H groups in total. The average molecular weight is 771 g/mol. The number of nitrogens with one attached hydrogen (secondary N) is 3. The van der Waals surface area contributed by atoms with Crippen LogP contribution in [-0.4, -0.2) is 132 Å². The molecule has 3 fully saturated rings. The van der Waals surface area contributed by atoms with Crippen molar-refractivity contribution in [3.05, 3.63) is 35.1 Å². The van der Waals surface area contributed by atoms with Gasteiger partial charge < -0.3 is 57.1 Å². The van der Waals surface area contributed by atoms with E-state index >= 15 is 0 Å². The number of aliphatic hydroxyl groups is 1. The second-order valence-electron chi connectivity index (χ2n) is 15.2. The number of phenols is 1. The fraction of sp³-hybridized carbons (Fsp3) is 0.622. The Balaban J connectivity index is 0.000000226. The van der Waals surface area contributed by atoms with Crippen LogP contribution in [0.3, 0.4) is 0 Å². The molecule has 1 aromatic carbocycles. The highest BCUT2D eigenvalue weighted by atomic mass is 16.6. The normalized spacial score (nSPS) is 26.4. The lowest BCUT2D eigenvalue weighted by molar-refractivity contribution is -0.141. The van der Waals surface area contributed by atoms with Gasteiger partial charge in [0, 0.05) is 68.5 Å². The lowest BCUT2D eigenvalue weighted by Gasteiger charge is -2.56. The van der Waals surface area contributed by atoms with Crippen LogP contribution < -0.4 is 32.2 Å². The number of carboxylic acid groups (broad SMARTS) is 1. The van der Waals surface area contributed by atoms with Gasteiger partial charge in [0.25, 0.3) is 0 Å². The van der Waals surface area contributed by atoms with Crippen LogP contribution >= 0.6 is 0 Å². The fourth-order valence-electron chi connectivity index (χ4n) is 9.58. The number of likely N-dealkylation sites (tertiary alicyclic amines) is 2. The van der Waals surface area contributed by atoms with Crippen LogP contribution in [0.25, 0.3) is 0 Å². The Hall–Kier alpha value is -5.10. The third kappa shape index (κ3) is 8.29. The van der Waals surface area contributed by atoms with Crippen LogP contribution in [0.1, 0.15) is 68.9 Å². The Bertz CT molecular complexity index is 1730. The smallest absolute Gasteiger partial charge is 0.414 e. The quantitative estimate of drug-likeness (QED) is 0.0593. The Kier molecular flexibility index (Phi) is 12.5. The van der Waals surface area contributed by atoms with Gasteiger partial charge in [-0.15, -0.1) is 0 Å². The van der Waals surface area contributed by atoms with Gasteiger partial charge >= 0.3 is 12.1 Å². The number of aromatic hydroxyl groups is 1. The standard InChI is InChI=1S/C25H32N2O5.C12H22N6O5/c1-26-15-23-12-16-6-7-18(31-2)20(28)19(16)24(14-23)13-17(8-9-25(24,30)21(23)26)32-22(29)27-10-4-3-5-11-27;1-15-11(23)7(3-2-4-16-12(13)14)18-9(20)6-17-8(19)5-10(21)22/h6-8,21,28,30H,3-5,9-15H2,1-2H3;7H,2-6H2,1H3,(H,15,23)(H,17,19)(H,18,20)(H,21,22)(H4,13,14,16). The summed E-state index contributed by atoms with van der Waals surface area (Å²) < 4.78 is 11.3. The summed E-state index contributed by atoms with van der Waals surface area (Å²) in [4.78, 5) is 65.4. The maximum atomic E-state index is 12.8. The van der Waals surface area contributed by atoms with Crippen LogP contribution in [0.2, 0.25) is 0 Å². The van der Waals surface area contributed by atoms with Gasteiger partial charge in [0.15, 0.2) is 17.5 Å². The maximum Gasteiger partial charge on any atom is 0.414 e. The lowest BCUT2D eigenvalue weighted by Crippen LogP contribution is -2.69. The Morgan fingerprint density at radius 3 is 2.45 bits per heavy atom. The number of allylic oxidation sites excluding steroid dienone is 1. The van der Waals surface area contributed by atoms with Crippen LogP contribution in [0.5, 0.6) is 11.5 Å². The number of phenolic OH excluding ortho intramolecular Hbond substituents is 1. The molecule has 0 radical (unpaired) electrons.